The number of aromatic nitrogens is 2. The Kier molecular flexibility index (Phi) is 5.60. The number of carbonyl (C=O) groups excluding carboxylic acids is 2. The van der Waals surface area contributed by atoms with Crippen molar-refractivity contribution in [3.8, 4) is 0 Å². The van der Waals surface area contributed by atoms with E-state index in [2.05, 4.69) is 22.5 Å². The Morgan fingerprint density at radius 1 is 1.14 bits per heavy atom. The first-order chi connectivity index (χ1) is 13.7. The maximum Gasteiger partial charge on any atom is 0.322 e. The lowest BCUT2D eigenvalue weighted by Gasteiger charge is -2.40. The number of piperidine rings is 2. The van der Waals surface area contributed by atoms with Gasteiger partial charge < -0.3 is 15.1 Å². The number of nitrogens with zero attached hydrogens (tertiary/aromatic N) is 4. The van der Waals surface area contributed by atoms with E-state index in [1.165, 1.54) is 0 Å². The van der Waals surface area contributed by atoms with Crippen molar-refractivity contribution in [1.29, 1.82) is 0 Å². The van der Waals surface area contributed by atoms with E-state index in [0.29, 0.717) is 25.2 Å². The number of benzene rings is 1. The van der Waals surface area contributed by atoms with Crippen molar-refractivity contribution >= 4 is 17.6 Å². The fourth-order valence-electron chi connectivity index (χ4n) is 4.09. The molecule has 148 valence electrons. The van der Waals surface area contributed by atoms with Gasteiger partial charge in [-0.05, 0) is 31.2 Å². The molecule has 0 saturated carbocycles. The first-order valence-corrected chi connectivity index (χ1v) is 10.1. The number of hydrogen-bond donors (Lipinski definition) is 1. The minimum absolute atomic E-state index is 0.117. The zero-order valence-corrected chi connectivity index (χ0v) is 16.1. The highest BCUT2D eigenvalue weighted by molar-refractivity contribution is 5.89. The largest absolute Gasteiger partial charge is 0.338 e. The van der Waals surface area contributed by atoms with E-state index in [-0.39, 0.29) is 18.0 Å². The third-order valence-corrected chi connectivity index (χ3v) is 5.56. The van der Waals surface area contributed by atoms with Gasteiger partial charge in [0, 0.05) is 38.3 Å². The number of anilines is 1. The lowest BCUT2D eigenvalue weighted by Crippen LogP contribution is -2.53. The molecule has 2 aromatic rings. The van der Waals surface area contributed by atoms with Crippen LogP contribution in [-0.2, 0) is 11.3 Å². The Morgan fingerprint density at radius 2 is 2.00 bits per heavy atom. The number of amides is 3. The van der Waals surface area contributed by atoms with Crippen LogP contribution in [0.15, 0.2) is 42.7 Å². The van der Waals surface area contributed by atoms with E-state index >= 15 is 0 Å². The summed E-state index contributed by atoms with van der Waals surface area (Å²) in [5.74, 6) is 0.237. The Bertz CT molecular complexity index is 819. The molecule has 7 nitrogen and oxygen atoms in total. The molecule has 7 heteroatoms. The van der Waals surface area contributed by atoms with Crippen LogP contribution in [0.5, 0.6) is 0 Å². The summed E-state index contributed by atoms with van der Waals surface area (Å²) < 4.78 is 1.82. The topological polar surface area (TPSA) is 70.5 Å². The van der Waals surface area contributed by atoms with Crippen molar-refractivity contribution < 1.29 is 9.59 Å². The molecule has 1 aromatic heterocycles. The maximum atomic E-state index is 12.7. The maximum absolute atomic E-state index is 12.7. The van der Waals surface area contributed by atoms with Crippen molar-refractivity contribution in [3.05, 3.63) is 48.3 Å². The van der Waals surface area contributed by atoms with Crippen LogP contribution in [0.2, 0.25) is 0 Å². The van der Waals surface area contributed by atoms with Crippen molar-refractivity contribution in [1.82, 2.24) is 19.6 Å². The molecule has 3 heterocycles. The van der Waals surface area contributed by atoms with Crippen molar-refractivity contribution in [3.63, 3.8) is 0 Å². The number of likely N-dealkylation sites (tertiary alicyclic amines) is 2. The number of nitrogens with one attached hydrogen (secondary N) is 1. The lowest BCUT2D eigenvalue weighted by molar-refractivity contribution is -0.136. The molecule has 0 spiro atoms. The molecular formula is C21H27N5O2. The molecule has 2 aliphatic heterocycles. The number of rotatable bonds is 4. The zero-order valence-electron chi connectivity index (χ0n) is 16.1. The molecule has 3 amide bonds. The first-order valence-electron chi connectivity index (χ1n) is 10.1. The highest BCUT2D eigenvalue weighted by Crippen LogP contribution is 2.22. The second-order valence-corrected chi connectivity index (χ2v) is 7.63. The summed E-state index contributed by atoms with van der Waals surface area (Å²) in [6.07, 6.45) is 8.12. The molecule has 1 N–H and O–H groups in total. The molecule has 0 aliphatic carbocycles. The summed E-state index contributed by atoms with van der Waals surface area (Å²) in [6, 6.07) is 10.1. The van der Waals surface area contributed by atoms with Crippen molar-refractivity contribution in [2.75, 3.05) is 25.0 Å². The van der Waals surface area contributed by atoms with Crippen LogP contribution in [0.3, 0.4) is 0 Å². The molecule has 2 saturated heterocycles. The first kappa shape index (κ1) is 18.5. The monoisotopic (exact) mass is 381 g/mol. The normalized spacial score (nSPS) is 20.3. The molecule has 0 radical (unpaired) electrons. The van der Waals surface area contributed by atoms with E-state index in [0.717, 1.165) is 44.3 Å². The molecule has 1 unspecified atom stereocenters. The number of carbonyl (C=O) groups is 2. The van der Waals surface area contributed by atoms with Gasteiger partial charge in [0.15, 0.2) is 0 Å². The van der Waals surface area contributed by atoms with Gasteiger partial charge in [-0.15, -0.1) is 0 Å². The fraction of sp³-hybridized carbons (Fsp3) is 0.476. The van der Waals surface area contributed by atoms with Gasteiger partial charge in [-0.1, -0.05) is 30.3 Å². The summed E-state index contributed by atoms with van der Waals surface area (Å²) >= 11 is 0. The van der Waals surface area contributed by atoms with E-state index in [1.54, 1.807) is 6.20 Å². The quantitative estimate of drug-likeness (QED) is 0.885. The van der Waals surface area contributed by atoms with Crippen LogP contribution in [0.25, 0.3) is 0 Å². The van der Waals surface area contributed by atoms with Gasteiger partial charge in [-0.3, -0.25) is 9.48 Å². The molecule has 1 atom stereocenters. The van der Waals surface area contributed by atoms with E-state index in [4.69, 9.17) is 0 Å². The van der Waals surface area contributed by atoms with Crippen LogP contribution in [-0.4, -0.2) is 57.2 Å². The predicted octanol–water partition coefficient (Wildman–Crippen LogP) is 2.94. The molecule has 1 aromatic carbocycles. The van der Waals surface area contributed by atoms with Crippen molar-refractivity contribution in [2.24, 2.45) is 0 Å². The molecule has 4 rings (SSSR count). The highest BCUT2D eigenvalue weighted by Gasteiger charge is 2.31. The fourth-order valence-corrected chi connectivity index (χ4v) is 4.09. The van der Waals surface area contributed by atoms with E-state index < -0.39 is 0 Å². The van der Waals surface area contributed by atoms with Gasteiger partial charge in [0.25, 0.3) is 0 Å². The van der Waals surface area contributed by atoms with Crippen molar-refractivity contribution in [2.45, 2.75) is 44.7 Å². The second kappa shape index (κ2) is 8.46. The summed E-state index contributed by atoms with van der Waals surface area (Å²) in [5, 5.41) is 7.29. The van der Waals surface area contributed by atoms with E-state index in [1.807, 2.05) is 38.9 Å². The Balaban J connectivity index is 1.34. The SMILES string of the molecule is O=C(Nc1cnn(Cc2ccccc2)c1)N1CCCC(N2CCCCC2=O)C1. The summed E-state index contributed by atoms with van der Waals surface area (Å²) in [5.41, 5.74) is 1.85. The smallest absolute Gasteiger partial charge is 0.322 e. The summed E-state index contributed by atoms with van der Waals surface area (Å²) in [4.78, 5) is 28.7. The van der Waals surface area contributed by atoms with Crippen LogP contribution < -0.4 is 5.32 Å². The van der Waals surface area contributed by atoms with Gasteiger partial charge in [0.05, 0.1) is 18.4 Å². The average Bonchev–Trinajstić information content (AvgIpc) is 3.16. The van der Waals surface area contributed by atoms with Gasteiger partial charge >= 0.3 is 6.03 Å². The molecule has 0 bridgehead atoms. The molecular weight excluding hydrogens is 354 g/mol. The minimum atomic E-state index is -0.117. The van der Waals surface area contributed by atoms with Crippen LogP contribution in [0.1, 0.15) is 37.7 Å². The van der Waals surface area contributed by atoms with Crippen LogP contribution >= 0.6 is 0 Å². The third kappa shape index (κ3) is 4.35. The number of hydrogen-bond acceptors (Lipinski definition) is 3. The highest BCUT2D eigenvalue weighted by atomic mass is 16.2. The Labute approximate surface area is 165 Å². The second-order valence-electron chi connectivity index (χ2n) is 7.63. The molecule has 2 fully saturated rings. The van der Waals surface area contributed by atoms with Gasteiger partial charge in [0.2, 0.25) is 5.91 Å². The Morgan fingerprint density at radius 3 is 2.82 bits per heavy atom. The molecule has 2 aliphatic rings. The van der Waals surface area contributed by atoms with E-state index in [9.17, 15) is 9.59 Å². The van der Waals surface area contributed by atoms with Gasteiger partial charge in [0.1, 0.15) is 0 Å². The third-order valence-electron chi connectivity index (χ3n) is 5.56. The summed E-state index contributed by atoms with van der Waals surface area (Å²) in [6.45, 7) is 2.82. The van der Waals surface area contributed by atoms with Gasteiger partial charge in [-0.25, -0.2) is 4.79 Å². The van der Waals surface area contributed by atoms with Crippen LogP contribution in [0.4, 0.5) is 10.5 Å². The average molecular weight is 381 g/mol. The zero-order chi connectivity index (χ0) is 19.3. The Hall–Kier alpha value is -2.83. The van der Waals surface area contributed by atoms with Crippen LogP contribution in [0, 0.1) is 0 Å². The predicted molar refractivity (Wildman–Crippen MR) is 107 cm³/mol. The summed E-state index contributed by atoms with van der Waals surface area (Å²) in [7, 11) is 0. The lowest BCUT2D eigenvalue weighted by atomic mass is 10.0. The standard InChI is InChI=1S/C21H27N5O2/c27-20-10-4-5-12-26(20)19-9-6-11-24(16-19)21(28)23-18-13-22-25(15-18)14-17-7-2-1-3-8-17/h1-3,7-8,13,15,19H,4-6,9-12,14,16H2,(H,23,28). The number of urea groups is 1. The molecule has 28 heavy (non-hydrogen) atoms. The minimum Gasteiger partial charge on any atom is -0.338 e. The van der Waals surface area contributed by atoms with Gasteiger partial charge in [-0.2, -0.15) is 5.10 Å².